The van der Waals surface area contributed by atoms with Crippen LogP contribution in [-0.4, -0.2) is 11.1 Å². The van der Waals surface area contributed by atoms with Crippen molar-refractivity contribution >= 4 is 16.5 Å². The number of aromatic nitrogens is 1. The van der Waals surface area contributed by atoms with Gasteiger partial charge in [-0.25, -0.2) is 0 Å². The van der Waals surface area contributed by atoms with Gasteiger partial charge in [0.1, 0.15) is 5.75 Å². The molecule has 2 aromatic rings. The van der Waals surface area contributed by atoms with Crippen LogP contribution in [0.15, 0.2) is 24.4 Å². The number of anilines is 1. The van der Waals surface area contributed by atoms with E-state index in [2.05, 4.69) is 24.9 Å². The molecule has 1 saturated carbocycles. The molecule has 1 aliphatic carbocycles. The smallest absolute Gasteiger partial charge is 0.127 e. The topological polar surface area (TPSA) is 48.1 Å². The van der Waals surface area contributed by atoms with Crippen molar-refractivity contribution in [3.8, 4) is 5.75 Å². The van der Waals surface area contributed by atoms with Crippen LogP contribution in [0.2, 0.25) is 0 Å². The number of nitrogen functional groups attached to an aromatic ring is 1. The van der Waals surface area contributed by atoms with Gasteiger partial charge in [0.2, 0.25) is 0 Å². The van der Waals surface area contributed by atoms with Crippen molar-refractivity contribution in [1.29, 1.82) is 0 Å². The van der Waals surface area contributed by atoms with Gasteiger partial charge < -0.3 is 10.5 Å². The summed E-state index contributed by atoms with van der Waals surface area (Å²) in [6, 6.07) is 5.99. The number of aryl methyl sites for hydroxylation is 1. The Kier molecular flexibility index (Phi) is 3.75. The highest BCUT2D eigenvalue weighted by Crippen LogP contribution is 2.35. The lowest BCUT2D eigenvalue weighted by atomic mass is 9.80. The number of nitrogens with zero attached hydrogens (tertiary/aromatic N) is 1. The van der Waals surface area contributed by atoms with Crippen LogP contribution in [0, 0.1) is 18.8 Å². The number of nitrogens with two attached hydrogens (primary N) is 1. The molecule has 0 aliphatic heterocycles. The summed E-state index contributed by atoms with van der Waals surface area (Å²) in [4.78, 5) is 4.34. The summed E-state index contributed by atoms with van der Waals surface area (Å²) in [5, 5.41) is 2.06. The minimum Gasteiger partial charge on any atom is -0.490 e. The minimum absolute atomic E-state index is 0.316. The maximum atomic E-state index is 6.31. The Morgan fingerprint density at radius 3 is 2.71 bits per heavy atom. The molecule has 0 bridgehead atoms. The van der Waals surface area contributed by atoms with Crippen LogP contribution < -0.4 is 10.5 Å². The van der Waals surface area contributed by atoms with Gasteiger partial charge in [-0.15, -0.1) is 0 Å². The first-order valence-electron chi connectivity index (χ1n) is 7.86. The summed E-state index contributed by atoms with van der Waals surface area (Å²) in [5.74, 6) is 2.48. The van der Waals surface area contributed by atoms with Gasteiger partial charge in [0.05, 0.1) is 6.10 Å². The highest BCUT2D eigenvalue weighted by molar-refractivity contribution is 5.96. The summed E-state index contributed by atoms with van der Waals surface area (Å²) in [5.41, 5.74) is 7.80. The fourth-order valence-electron chi connectivity index (χ4n) is 3.23. The third kappa shape index (κ3) is 2.82. The summed E-state index contributed by atoms with van der Waals surface area (Å²) < 4.78 is 6.31. The Balaban J connectivity index is 1.90. The molecule has 1 aliphatic rings. The molecule has 1 aromatic carbocycles. The van der Waals surface area contributed by atoms with Gasteiger partial charge in [-0.3, -0.25) is 4.98 Å². The van der Waals surface area contributed by atoms with E-state index < -0.39 is 0 Å². The van der Waals surface area contributed by atoms with Crippen molar-refractivity contribution in [2.75, 3.05) is 5.73 Å². The number of pyridine rings is 1. The van der Waals surface area contributed by atoms with E-state index in [1.165, 1.54) is 6.42 Å². The molecule has 0 spiro atoms. The Hall–Kier alpha value is -1.77. The van der Waals surface area contributed by atoms with Crippen LogP contribution in [0.25, 0.3) is 10.8 Å². The number of benzene rings is 1. The van der Waals surface area contributed by atoms with Crippen LogP contribution in [0.4, 0.5) is 5.69 Å². The second kappa shape index (κ2) is 5.55. The fraction of sp³-hybridized carbons (Fsp3) is 0.500. The summed E-state index contributed by atoms with van der Waals surface area (Å²) in [6.45, 7) is 6.67. The molecule has 3 nitrogen and oxygen atoms in total. The van der Waals surface area contributed by atoms with Gasteiger partial charge in [-0.1, -0.05) is 13.8 Å². The zero-order valence-electron chi connectivity index (χ0n) is 13.1. The monoisotopic (exact) mass is 284 g/mol. The maximum absolute atomic E-state index is 6.31. The van der Waals surface area contributed by atoms with Crippen molar-refractivity contribution in [2.24, 2.45) is 11.8 Å². The van der Waals surface area contributed by atoms with E-state index in [0.717, 1.165) is 52.6 Å². The maximum Gasteiger partial charge on any atom is 0.127 e. The minimum atomic E-state index is 0.316. The summed E-state index contributed by atoms with van der Waals surface area (Å²) >= 11 is 0. The van der Waals surface area contributed by atoms with E-state index in [9.17, 15) is 0 Å². The largest absolute Gasteiger partial charge is 0.490 e. The summed E-state index contributed by atoms with van der Waals surface area (Å²) in [6.07, 6.45) is 5.69. The molecule has 1 heterocycles. The predicted molar refractivity (Wildman–Crippen MR) is 87.5 cm³/mol. The lowest BCUT2D eigenvalue weighted by Crippen LogP contribution is -2.28. The van der Waals surface area contributed by atoms with Crippen LogP contribution in [0.3, 0.4) is 0 Å². The van der Waals surface area contributed by atoms with E-state index in [1.54, 1.807) is 0 Å². The first-order valence-corrected chi connectivity index (χ1v) is 7.86. The molecular weight excluding hydrogens is 260 g/mol. The van der Waals surface area contributed by atoms with Crippen LogP contribution >= 0.6 is 0 Å². The lowest BCUT2D eigenvalue weighted by molar-refractivity contribution is 0.102. The van der Waals surface area contributed by atoms with Gasteiger partial charge in [-0.2, -0.15) is 0 Å². The first-order chi connectivity index (χ1) is 10.0. The Morgan fingerprint density at radius 1 is 1.14 bits per heavy atom. The van der Waals surface area contributed by atoms with Crippen LogP contribution in [0.1, 0.15) is 38.8 Å². The highest BCUT2D eigenvalue weighted by atomic mass is 16.5. The van der Waals surface area contributed by atoms with E-state index in [4.69, 9.17) is 10.5 Å². The Labute approximate surface area is 126 Å². The van der Waals surface area contributed by atoms with Gasteiger partial charge >= 0.3 is 0 Å². The highest BCUT2D eigenvalue weighted by Gasteiger charge is 2.26. The van der Waals surface area contributed by atoms with E-state index >= 15 is 0 Å². The molecule has 3 atom stereocenters. The standard InChI is InChI=1S/C18H24N2O/c1-11-4-5-14(8-12(11)2)21-18-7-6-17(19)16-10-20-13(3)9-15(16)18/h6-7,9-12,14H,4-5,8,19H2,1-3H3. The molecule has 112 valence electrons. The third-order valence-electron chi connectivity index (χ3n) is 4.88. The fourth-order valence-corrected chi connectivity index (χ4v) is 3.23. The molecule has 3 rings (SSSR count). The zero-order chi connectivity index (χ0) is 15.0. The SMILES string of the molecule is Cc1cc2c(OC3CCC(C)C(C)C3)ccc(N)c2cn1. The summed E-state index contributed by atoms with van der Waals surface area (Å²) in [7, 11) is 0. The number of ether oxygens (including phenoxy) is 1. The molecule has 1 aromatic heterocycles. The Morgan fingerprint density at radius 2 is 1.95 bits per heavy atom. The van der Waals surface area contributed by atoms with E-state index in [1.807, 2.05) is 25.3 Å². The van der Waals surface area contributed by atoms with Crippen molar-refractivity contribution in [2.45, 2.75) is 46.1 Å². The normalized spacial score (nSPS) is 26.0. The van der Waals surface area contributed by atoms with E-state index in [-0.39, 0.29) is 0 Å². The molecule has 3 unspecified atom stereocenters. The van der Waals surface area contributed by atoms with Crippen LogP contribution in [0.5, 0.6) is 5.75 Å². The van der Waals surface area contributed by atoms with Crippen molar-refractivity contribution in [1.82, 2.24) is 4.98 Å². The molecule has 1 fully saturated rings. The molecule has 0 amide bonds. The van der Waals surface area contributed by atoms with E-state index in [0.29, 0.717) is 6.10 Å². The van der Waals surface area contributed by atoms with Gasteiger partial charge in [0, 0.05) is 28.4 Å². The van der Waals surface area contributed by atoms with Gasteiger partial charge in [-0.05, 0) is 56.2 Å². The average Bonchev–Trinajstić information content (AvgIpc) is 2.46. The van der Waals surface area contributed by atoms with Crippen molar-refractivity contribution < 1.29 is 4.74 Å². The zero-order valence-corrected chi connectivity index (χ0v) is 13.1. The molecule has 0 radical (unpaired) electrons. The molecule has 2 N–H and O–H groups in total. The van der Waals surface area contributed by atoms with Crippen LogP contribution in [-0.2, 0) is 0 Å². The quantitative estimate of drug-likeness (QED) is 0.835. The lowest BCUT2D eigenvalue weighted by Gasteiger charge is -2.32. The second-order valence-corrected chi connectivity index (χ2v) is 6.53. The number of hydrogen-bond acceptors (Lipinski definition) is 3. The molecule has 3 heteroatoms. The van der Waals surface area contributed by atoms with Crippen molar-refractivity contribution in [3.05, 3.63) is 30.1 Å². The molecular formula is C18H24N2O. The third-order valence-corrected chi connectivity index (χ3v) is 4.88. The predicted octanol–water partition coefficient (Wildman–Crippen LogP) is 4.33. The Bertz CT molecular complexity index is 653. The molecule has 0 saturated heterocycles. The number of hydrogen-bond donors (Lipinski definition) is 1. The first kappa shape index (κ1) is 14.2. The number of fused-ring (bicyclic) bond motifs is 1. The van der Waals surface area contributed by atoms with Gasteiger partial charge in [0.25, 0.3) is 0 Å². The number of rotatable bonds is 2. The average molecular weight is 284 g/mol. The van der Waals surface area contributed by atoms with Gasteiger partial charge in [0.15, 0.2) is 0 Å². The second-order valence-electron chi connectivity index (χ2n) is 6.53. The van der Waals surface area contributed by atoms with Crippen molar-refractivity contribution in [3.63, 3.8) is 0 Å². The molecule has 21 heavy (non-hydrogen) atoms.